The van der Waals surface area contributed by atoms with Crippen molar-refractivity contribution in [3.63, 3.8) is 0 Å². The van der Waals surface area contributed by atoms with Crippen molar-refractivity contribution >= 4 is 132 Å². The quantitative estimate of drug-likeness (QED) is 0.0399. The Balaban J connectivity index is 0.000000149. The molecule has 11 aliphatic rings. The second-order valence-corrected chi connectivity index (χ2v) is 39.4. The van der Waals surface area contributed by atoms with Gasteiger partial charge in [0.15, 0.2) is 23.0 Å². The van der Waals surface area contributed by atoms with Gasteiger partial charge in [-0.05, 0) is 289 Å². The molecule has 3 saturated carbocycles. The summed E-state index contributed by atoms with van der Waals surface area (Å²) in [5, 5.41) is 29.4. The summed E-state index contributed by atoms with van der Waals surface area (Å²) < 4.78 is 42.2. The Morgan fingerprint density at radius 1 is 0.403 bits per heavy atom. The molecule has 6 aromatic carbocycles. The molecule has 0 bridgehead atoms. The molecule has 5 aliphatic heterocycles. The third kappa shape index (κ3) is 19.3. The monoisotopic (exact) mass is 1950 g/mol. The molecule has 0 radical (unpaired) electrons. The van der Waals surface area contributed by atoms with Crippen LogP contribution in [0.2, 0.25) is 20.1 Å². The fourth-order valence-corrected chi connectivity index (χ4v) is 23.9. The van der Waals surface area contributed by atoms with Crippen LogP contribution in [0.3, 0.4) is 0 Å². The zero-order valence-electron chi connectivity index (χ0n) is 72.1. The number of halogens is 6. The third-order valence-corrected chi connectivity index (χ3v) is 30.6. The number of imide groups is 3. The molecule has 129 heavy (non-hydrogen) atoms. The number of nitriles is 3. The lowest BCUT2D eigenvalue weighted by Gasteiger charge is -2.54. The summed E-state index contributed by atoms with van der Waals surface area (Å²) in [7, 11) is 0. The van der Waals surface area contributed by atoms with Gasteiger partial charge in [0.2, 0.25) is 13.6 Å². The summed E-state index contributed by atoms with van der Waals surface area (Å²) in [6.45, 7) is 13.4. The second kappa shape index (κ2) is 39.2. The smallest absolute Gasteiger partial charge is 0.338 e. The first-order valence-corrected chi connectivity index (χ1v) is 46.6. The standard InChI is InChI=1S/C35H34N2O8.C33H32Br2N2O4.C33H30Cl4N2O4/c1-20-14-30(45-34(40)22-6-10-27-29(16-22)44-19-42-27)32-25(24(20)4-3-12-36)8-7-23-17-31(38)37(13-11-35(23,32)2)33(39)21-5-9-26-28(15-21)43-18-41-26;1-20-18-28(41-32(40)22-7-12-25(35)13-8-22)30-27(26(20)4-3-16-36)14-9-23-19-29(38)37(17-15-33(23,30)2)31(39)21-5-10-24(34)11-6-21;1-18-10-28(43-32(42)20-13-24(36)17-25(37)14-20)30-27(26(18)4-3-8-38)6-5-21-15-29(40)39(9-7-33(21,30)2)31(41)19-11-22(34)16-23(35)12-19/h5-6,9-10,14-17,24-25,30,32H,3-4,7-8,11,13,18-19H2,1-2H3;5-8,10-13,18-19,26-28,30H,3-4,9,14-15,17H2,1-2H3;10-17,26-28,30H,3-7,9H2,1-2H3/t24-,25+,30-,32-,35+;2*26-,27+,28-,30-,33+/m111/s1. The zero-order chi connectivity index (χ0) is 91.7. The molecular formula is C101H96Br2Cl4N6O16. The van der Waals surface area contributed by atoms with Crippen molar-refractivity contribution in [3.8, 4) is 41.2 Å². The number of esters is 3. The van der Waals surface area contributed by atoms with Gasteiger partial charge in [-0.2, -0.15) is 15.8 Å². The van der Waals surface area contributed by atoms with Crippen molar-refractivity contribution in [1.82, 2.24) is 14.7 Å². The molecule has 0 saturated heterocycles. The number of hydrogen-bond donors (Lipinski definition) is 0. The van der Waals surface area contributed by atoms with Gasteiger partial charge < -0.3 is 33.2 Å². The van der Waals surface area contributed by atoms with Crippen molar-refractivity contribution in [2.75, 3.05) is 33.2 Å². The Morgan fingerprint density at radius 2 is 0.705 bits per heavy atom. The fourth-order valence-electron chi connectivity index (χ4n) is 22.3. The van der Waals surface area contributed by atoms with E-state index in [0.717, 1.165) is 74.5 Å². The highest BCUT2D eigenvalue weighted by atomic mass is 79.9. The number of ether oxygens (including phenoxy) is 7. The summed E-state index contributed by atoms with van der Waals surface area (Å²) >= 11 is 31.4. The van der Waals surface area contributed by atoms with E-state index >= 15 is 0 Å². The van der Waals surface area contributed by atoms with Crippen molar-refractivity contribution in [2.45, 2.75) is 156 Å². The van der Waals surface area contributed by atoms with Gasteiger partial charge in [-0.15, -0.1) is 0 Å². The number of hydrogen-bond acceptors (Lipinski definition) is 19. The second-order valence-electron chi connectivity index (χ2n) is 35.8. The van der Waals surface area contributed by atoms with Gasteiger partial charge in [-0.25, -0.2) is 14.4 Å². The molecule has 15 atom stereocenters. The van der Waals surface area contributed by atoms with Crippen LogP contribution in [0, 0.1) is 103 Å². The Morgan fingerprint density at radius 3 is 1.08 bits per heavy atom. The predicted molar refractivity (Wildman–Crippen MR) is 489 cm³/mol. The number of nitrogens with zero attached hydrogens (tertiary/aromatic N) is 6. The predicted octanol–water partition coefficient (Wildman–Crippen LogP) is 22.0. The molecule has 6 aromatic rings. The van der Waals surface area contributed by atoms with Crippen LogP contribution in [0.1, 0.15) is 200 Å². The number of allylic oxidation sites excluding steroid dienone is 6. The normalized spacial score (nSPS) is 27.3. The van der Waals surface area contributed by atoms with Crippen molar-refractivity contribution in [3.05, 3.63) is 254 Å². The maximum atomic E-state index is 13.7. The Hall–Kier alpha value is -10.6. The number of rotatable bonds is 15. The molecule has 0 N–H and O–H groups in total. The van der Waals surface area contributed by atoms with Crippen LogP contribution in [0.5, 0.6) is 23.0 Å². The topological polar surface area (TPSA) is 299 Å². The molecule has 17 rings (SSSR count). The first-order valence-electron chi connectivity index (χ1n) is 43.5. The summed E-state index contributed by atoms with van der Waals surface area (Å²) in [6, 6.07) is 40.1. The van der Waals surface area contributed by atoms with Crippen molar-refractivity contribution in [1.29, 1.82) is 15.8 Å². The number of amides is 6. The Bertz CT molecular complexity index is 5830. The summed E-state index contributed by atoms with van der Waals surface area (Å²) in [6.07, 6.45) is 18.7. The van der Waals surface area contributed by atoms with E-state index in [0.29, 0.717) is 130 Å². The summed E-state index contributed by atoms with van der Waals surface area (Å²) in [5.74, 6) is -1.09. The van der Waals surface area contributed by atoms with Crippen LogP contribution in [-0.4, -0.2) is 120 Å². The lowest BCUT2D eigenvalue weighted by Crippen LogP contribution is -2.51. The lowest BCUT2D eigenvalue weighted by atomic mass is 9.51. The van der Waals surface area contributed by atoms with Gasteiger partial charge in [0.1, 0.15) is 18.3 Å². The number of carbonyl (C=O) groups excluding carboxylic acids is 9. The highest BCUT2D eigenvalue weighted by molar-refractivity contribution is 9.10. The molecule has 6 amide bonds. The molecule has 3 fully saturated rings. The van der Waals surface area contributed by atoms with Gasteiger partial charge >= 0.3 is 17.9 Å². The molecule has 0 aromatic heterocycles. The van der Waals surface area contributed by atoms with Gasteiger partial charge in [0.05, 0.1) is 34.9 Å². The van der Waals surface area contributed by atoms with Crippen LogP contribution in [0.15, 0.2) is 200 Å². The highest BCUT2D eigenvalue weighted by Gasteiger charge is 2.59. The lowest BCUT2D eigenvalue weighted by molar-refractivity contribution is -0.124. The van der Waals surface area contributed by atoms with Crippen LogP contribution in [0.25, 0.3) is 0 Å². The first-order chi connectivity index (χ1) is 61.8. The van der Waals surface area contributed by atoms with E-state index in [1.165, 1.54) is 45.0 Å². The van der Waals surface area contributed by atoms with Gasteiger partial charge in [-0.3, -0.25) is 43.5 Å². The molecular weight excluding hydrogens is 1850 g/mol. The van der Waals surface area contributed by atoms with E-state index in [-0.39, 0.29) is 115 Å². The van der Waals surface area contributed by atoms with Crippen molar-refractivity contribution < 1.29 is 76.3 Å². The highest BCUT2D eigenvalue weighted by Crippen LogP contribution is 2.62. The zero-order valence-corrected chi connectivity index (χ0v) is 78.3. The van der Waals surface area contributed by atoms with Crippen LogP contribution in [-0.2, 0) is 28.6 Å². The maximum absolute atomic E-state index is 13.7. The van der Waals surface area contributed by atoms with Crippen LogP contribution >= 0.6 is 78.3 Å². The van der Waals surface area contributed by atoms with Crippen LogP contribution < -0.4 is 18.9 Å². The number of carbonyl (C=O) groups is 9. The summed E-state index contributed by atoms with van der Waals surface area (Å²) in [5.41, 5.74) is 6.77. The number of benzene rings is 6. The van der Waals surface area contributed by atoms with E-state index in [1.807, 2.05) is 31.2 Å². The van der Waals surface area contributed by atoms with Gasteiger partial charge in [0, 0.05) is 121 Å². The van der Waals surface area contributed by atoms with Gasteiger partial charge in [0.25, 0.3) is 35.4 Å². The van der Waals surface area contributed by atoms with E-state index < -0.39 is 70.2 Å². The molecule has 0 unspecified atom stereocenters. The molecule has 28 heteroatoms. The first kappa shape index (κ1) is 93.1. The third-order valence-electron chi connectivity index (χ3n) is 28.7. The summed E-state index contributed by atoms with van der Waals surface area (Å²) in [4.78, 5) is 125. The Kier molecular flexibility index (Phi) is 28.3. The van der Waals surface area contributed by atoms with E-state index in [9.17, 15) is 58.9 Å². The minimum atomic E-state index is -0.605. The molecule has 6 aliphatic carbocycles. The Labute approximate surface area is 786 Å². The molecule has 0 spiro atoms. The fraction of sp³-hybridized carbons (Fsp3) is 0.406. The van der Waals surface area contributed by atoms with Crippen LogP contribution in [0.4, 0.5) is 0 Å². The van der Waals surface area contributed by atoms with Gasteiger partial charge in [-0.1, -0.05) is 132 Å². The maximum Gasteiger partial charge on any atom is 0.338 e. The number of fused-ring (bicyclic) bond motifs is 11. The average Bonchev–Trinajstić information content (AvgIpc) is 1.73. The van der Waals surface area contributed by atoms with E-state index in [4.69, 9.17) is 79.6 Å². The minimum absolute atomic E-state index is 0.0896. The average molecular weight is 1950 g/mol. The van der Waals surface area contributed by atoms with Crippen molar-refractivity contribution in [2.24, 2.45) is 69.5 Å². The largest absolute Gasteiger partial charge is 0.454 e. The molecule has 22 nitrogen and oxygen atoms in total. The van der Waals surface area contributed by atoms with E-state index in [2.05, 4.69) is 90.8 Å². The SMILES string of the molecule is CC1=C[C@@H](OC(=O)c2cc(Cl)cc(Cl)c2)[C@H]2[C@@H](CCC3=CC(=O)N(C(=O)c4cc(Cl)cc(Cl)c4)CC[C@@]32C)[C@@H]1CCC#N.CC1=C[C@@H](OC(=O)c2ccc(Br)cc2)[C@H]2[C@@H](CCC3=CC(=O)N(C(=O)c4ccc(Br)cc4)CC[C@@]32C)[C@@H]1CCC#N.CC1=C[C@@H](OC(=O)c2ccc3c(c2)OCO3)[C@H]2[C@@H](CCC3=CC(=O)N(C(=O)c4ccc5c(c4)OCO5)CC[C@@]32C)[C@@H]1CCC#N. The molecule has 5 heterocycles. The molecule has 668 valence electrons. The minimum Gasteiger partial charge on any atom is -0.454 e. The van der Waals surface area contributed by atoms with E-state index in [1.54, 1.807) is 97.1 Å².